The lowest BCUT2D eigenvalue weighted by molar-refractivity contribution is 0.353. The largest absolute Gasteiger partial charge is 0.357 e. The van der Waals surface area contributed by atoms with Crippen molar-refractivity contribution in [3.8, 4) is 5.82 Å². The van der Waals surface area contributed by atoms with E-state index in [2.05, 4.69) is 15.4 Å². The Hall–Kier alpha value is -2.42. The first-order chi connectivity index (χ1) is 13.6. The van der Waals surface area contributed by atoms with Gasteiger partial charge in [0.25, 0.3) is 0 Å². The van der Waals surface area contributed by atoms with E-state index in [1.807, 2.05) is 54.7 Å². The van der Waals surface area contributed by atoms with Crippen LogP contribution in [0.2, 0.25) is 0 Å². The molecule has 0 atom stereocenters. The van der Waals surface area contributed by atoms with Gasteiger partial charge in [0.2, 0.25) is 0 Å². The van der Waals surface area contributed by atoms with E-state index >= 15 is 0 Å². The summed E-state index contributed by atoms with van der Waals surface area (Å²) in [7, 11) is -3.09. The molecule has 1 aliphatic heterocycles. The van der Waals surface area contributed by atoms with Gasteiger partial charge in [0.05, 0.1) is 22.7 Å². The molecule has 0 spiro atoms. The third-order valence-corrected chi connectivity index (χ3v) is 7.66. The van der Waals surface area contributed by atoms with Gasteiger partial charge in [-0.2, -0.15) is 5.10 Å². The van der Waals surface area contributed by atoms with Crippen molar-refractivity contribution in [3.63, 3.8) is 0 Å². The Kier molecular flexibility index (Phi) is 5.97. The van der Waals surface area contributed by atoms with Crippen LogP contribution < -0.4 is 5.32 Å². The maximum absolute atomic E-state index is 12.3. The van der Waals surface area contributed by atoms with Crippen molar-refractivity contribution in [2.75, 3.05) is 25.4 Å². The Morgan fingerprint density at radius 3 is 2.62 bits per heavy atom. The van der Waals surface area contributed by atoms with Gasteiger partial charge in [0, 0.05) is 31.5 Å². The van der Waals surface area contributed by atoms with Crippen LogP contribution in [0.5, 0.6) is 0 Å². The summed E-state index contributed by atoms with van der Waals surface area (Å²) in [5, 5.41) is 7.74. The van der Waals surface area contributed by atoms with Crippen molar-refractivity contribution in [1.82, 2.24) is 25.0 Å². The molecular weight excluding hydrogens is 388 g/mol. The van der Waals surface area contributed by atoms with Gasteiger partial charge in [-0.25, -0.2) is 23.1 Å². The van der Waals surface area contributed by atoms with Crippen LogP contribution in [0.1, 0.15) is 37.7 Å². The summed E-state index contributed by atoms with van der Waals surface area (Å²) in [6, 6.07) is 5.95. The van der Waals surface area contributed by atoms with E-state index < -0.39 is 14.6 Å². The molecule has 0 radical (unpaired) electrons. The number of guanidine groups is 1. The molecule has 1 aliphatic rings. The van der Waals surface area contributed by atoms with E-state index in [0.29, 0.717) is 19.6 Å². The highest BCUT2D eigenvalue weighted by Gasteiger charge is 2.40. The van der Waals surface area contributed by atoms with Crippen molar-refractivity contribution >= 4 is 15.8 Å². The van der Waals surface area contributed by atoms with Gasteiger partial charge >= 0.3 is 0 Å². The number of sulfone groups is 1. The molecule has 2 aromatic rings. The summed E-state index contributed by atoms with van der Waals surface area (Å²) in [4.78, 5) is 11.3. The first kappa shape index (κ1) is 21.3. The number of aliphatic imine (C=N–C) groups is 1. The molecule has 9 heteroatoms. The second-order valence-corrected chi connectivity index (χ2v) is 10.8. The normalized spacial score (nSPS) is 18.7. The summed E-state index contributed by atoms with van der Waals surface area (Å²) in [5.41, 5.74) is 2.98. The van der Waals surface area contributed by atoms with E-state index in [0.717, 1.165) is 35.3 Å². The first-order valence-electron chi connectivity index (χ1n) is 9.87. The SMILES string of the molecule is CCNC(=NCc1ccc(-n2nc(C)cc2C)nc1)N1CCS(=O)(=O)C(C)(C)C1. The molecule has 1 N–H and O–H groups in total. The predicted molar refractivity (Wildman–Crippen MR) is 115 cm³/mol. The van der Waals surface area contributed by atoms with Crippen LogP contribution >= 0.6 is 0 Å². The number of rotatable bonds is 4. The first-order valence-corrected chi connectivity index (χ1v) is 11.5. The molecule has 8 nitrogen and oxygen atoms in total. The minimum atomic E-state index is -3.09. The zero-order valence-electron chi connectivity index (χ0n) is 17.8. The molecule has 29 heavy (non-hydrogen) atoms. The minimum Gasteiger partial charge on any atom is -0.357 e. The Bertz CT molecular complexity index is 992. The van der Waals surface area contributed by atoms with Gasteiger partial charge in [-0.1, -0.05) is 6.07 Å². The highest BCUT2D eigenvalue weighted by molar-refractivity contribution is 7.92. The number of nitrogens with zero attached hydrogens (tertiary/aromatic N) is 5. The van der Waals surface area contributed by atoms with Gasteiger partial charge in [-0.15, -0.1) is 0 Å². The number of aryl methyl sites for hydroxylation is 2. The van der Waals surface area contributed by atoms with Gasteiger partial charge in [0.1, 0.15) is 0 Å². The van der Waals surface area contributed by atoms with Crippen molar-refractivity contribution in [2.24, 2.45) is 4.99 Å². The molecule has 0 amide bonds. The standard InChI is InChI=1S/C20H30N6O2S/c1-6-21-19(25-9-10-29(27,28)20(4,5)14-25)23-13-17-7-8-18(22-12-17)26-16(3)11-15(2)24-26/h7-8,11-12H,6,9-10,13-14H2,1-5H3,(H,21,23). The molecule has 0 bridgehead atoms. The number of hydrogen-bond acceptors (Lipinski definition) is 5. The molecule has 2 aromatic heterocycles. The number of pyridine rings is 1. The van der Waals surface area contributed by atoms with E-state index in [1.54, 1.807) is 13.8 Å². The molecular formula is C20H30N6O2S. The van der Waals surface area contributed by atoms with Gasteiger partial charge in [-0.05, 0) is 52.3 Å². The summed E-state index contributed by atoms with van der Waals surface area (Å²) in [5.74, 6) is 1.65. The van der Waals surface area contributed by atoms with Crippen LogP contribution in [0, 0.1) is 13.8 Å². The molecule has 0 aromatic carbocycles. The lowest BCUT2D eigenvalue weighted by Gasteiger charge is -2.39. The van der Waals surface area contributed by atoms with Crippen LogP contribution in [0.15, 0.2) is 29.4 Å². The highest BCUT2D eigenvalue weighted by Crippen LogP contribution is 2.23. The van der Waals surface area contributed by atoms with Crippen LogP contribution in [0.3, 0.4) is 0 Å². The minimum absolute atomic E-state index is 0.142. The molecule has 0 saturated carbocycles. The number of hydrogen-bond donors (Lipinski definition) is 1. The quantitative estimate of drug-likeness (QED) is 0.602. The summed E-state index contributed by atoms with van der Waals surface area (Å²) in [6.45, 7) is 11.6. The zero-order valence-corrected chi connectivity index (χ0v) is 18.6. The van der Waals surface area contributed by atoms with Gasteiger partial charge < -0.3 is 10.2 Å². The number of aromatic nitrogens is 3. The lowest BCUT2D eigenvalue weighted by Crippen LogP contribution is -2.57. The van der Waals surface area contributed by atoms with E-state index in [-0.39, 0.29) is 5.75 Å². The van der Waals surface area contributed by atoms with Crippen molar-refractivity contribution in [1.29, 1.82) is 0 Å². The van der Waals surface area contributed by atoms with E-state index in [1.165, 1.54) is 0 Å². The Morgan fingerprint density at radius 1 is 1.31 bits per heavy atom. The van der Waals surface area contributed by atoms with Gasteiger partial charge in [0.15, 0.2) is 21.6 Å². The number of nitrogens with one attached hydrogen (secondary N) is 1. The summed E-state index contributed by atoms with van der Waals surface area (Å²) in [6.07, 6.45) is 1.81. The fourth-order valence-corrected chi connectivity index (χ4v) is 4.78. The van der Waals surface area contributed by atoms with Crippen molar-refractivity contribution < 1.29 is 8.42 Å². The van der Waals surface area contributed by atoms with E-state index in [4.69, 9.17) is 4.99 Å². The van der Waals surface area contributed by atoms with Crippen LogP contribution in [0.4, 0.5) is 0 Å². The predicted octanol–water partition coefficient (Wildman–Crippen LogP) is 1.86. The fourth-order valence-electron chi connectivity index (χ4n) is 3.41. The molecule has 0 unspecified atom stereocenters. The molecule has 3 heterocycles. The summed E-state index contributed by atoms with van der Waals surface area (Å²) < 4.78 is 25.6. The molecule has 1 fully saturated rings. The maximum atomic E-state index is 12.3. The van der Waals surface area contributed by atoms with Crippen molar-refractivity contribution in [3.05, 3.63) is 41.3 Å². The summed E-state index contributed by atoms with van der Waals surface area (Å²) >= 11 is 0. The maximum Gasteiger partial charge on any atom is 0.194 e. The van der Waals surface area contributed by atoms with Crippen molar-refractivity contribution in [2.45, 2.75) is 45.9 Å². The second-order valence-electron chi connectivity index (χ2n) is 8.03. The van der Waals surface area contributed by atoms with Crippen LogP contribution in [-0.4, -0.2) is 64.2 Å². The second kappa shape index (κ2) is 8.14. The van der Waals surface area contributed by atoms with Gasteiger partial charge in [-0.3, -0.25) is 0 Å². The Morgan fingerprint density at radius 2 is 2.07 bits per heavy atom. The third kappa shape index (κ3) is 4.60. The Labute approximate surface area is 173 Å². The van der Waals surface area contributed by atoms with E-state index in [9.17, 15) is 8.42 Å². The fraction of sp³-hybridized carbons (Fsp3) is 0.550. The third-order valence-electron chi connectivity index (χ3n) is 5.13. The molecule has 3 rings (SSSR count). The zero-order chi connectivity index (χ0) is 21.2. The molecule has 1 saturated heterocycles. The van der Waals surface area contributed by atoms with Crippen LogP contribution in [0.25, 0.3) is 5.82 Å². The smallest absolute Gasteiger partial charge is 0.194 e. The van der Waals surface area contributed by atoms with Crippen LogP contribution in [-0.2, 0) is 16.4 Å². The molecule has 0 aliphatic carbocycles. The average Bonchev–Trinajstić information content (AvgIpc) is 3.00. The average molecular weight is 419 g/mol. The Balaban J connectivity index is 1.74. The lowest BCUT2D eigenvalue weighted by atomic mass is 10.2. The molecule has 158 valence electrons. The highest BCUT2D eigenvalue weighted by atomic mass is 32.2. The topological polar surface area (TPSA) is 92.5 Å². The monoisotopic (exact) mass is 418 g/mol.